The Morgan fingerprint density at radius 2 is 1.57 bits per heavy atom. The topological polar surface area (TPSA) is 101 Å². The van der Waals surface area contributed by atoms with Crippen LogP contribution < -0.4 is 0 Å². The van der Waals surface area contributed by atoms with Gasteiger partial charge in [0.15, 0.2) is 0 Å². The van der Waals surface area contributed by atoms with Crippen LogP contribution in [0.2, 0.25) is 0 Å². The zero-order valence-corrected chi connectivity index (χ0v) is 17.1. The highest BCUT2D eigenvalue weighted by Crippen LogP contribution is 2.10. The quantitative estimate of drug-likeness (QED) is 0.121. The molecule has 0 aliphatic heterocycles. The molecule has 0 saturated heterocycles. The molecule has 0 heterocycles. The predicted molar refractivity (Wildman–Crippen MR) is 109 cm³/mol. The molecule has 0 aromatic rings. The van der Waals surface area contributed by atoms with Crippen molar-refractivity contribution < 1.29 is 29.3 Å². The van der Waals surface area contributed by atoms with Gasteiger partial charge in [0.1, 0.15) is 0 Å². The van der Waals surface area contributed by atoms with Gasteiger partial charge in [-0.25, -0.2) is 9.59 Å². The monoisotopic (exact) mass is 396 g/mol. The maximum Gasteiger partial charge on any atom is 0.338 e. The number of carboxylic acids is 1. The molecule has 0 spiro atoms. The van der Waals surface area contributed by atoms with Gasteiger partial charge in [-0.15, -0.1) is 0 Å². The lowest BCUT2D eigenvalue weighted by molar-refractivity contribution is -0.156. The van der Waals surface area contributed by atoms with E-state index in [-0.39, 0.29) is 12.5 Å². The van der Waals surface area contributed by atoms with Crippen LogP contribution in [0.3, 0.4) is 0 Å². The standard InChI is InChI=1S/C22H36O6/c1-2-3-4-11-14-19(23)15-12-9-7-5-6-8-10-13-16-21(26)28-22(27)18-17-20(24)25/h9,12,17-19,23H,2-8,10-11,13-16H2,1H3,(H,24,25)/b12-9-,18-17-/t19-/m1/s1. The van der Waals surface area contributed by atoms with Crippen LogP contribution in [0.5, 0.6) is 0 Å². The Hall–Kier alpha value is -1.95. The predicted octanol–water partition coefficient (Wildman–Crippen LogP) is 4.71. The highest BCUT2D eigenvalue weighted by atomic mass is 16.6. The molecular formula is C22H36O6. The van der Waals surface area contributed by atoms with Gasteiger partial charge >= 0.3 is 17.9 Å². The van der Waals surface area contributed by atoms with Gasteiger partial charge in [0, 0.05) is 18.6 Å². The Morgan fingerprint density at radius 3 is 2.29 bits per heavy atom. The number of ether oxygens (including phenoxy) is 1. The smallest absolute Gasteiger partial charge is 0.338 e. The fourth-order valence-corrected chi connectivity index (χ4v) is 2.69. The summed E-state index contributed by atoms with van der Waals surface area (Å²) in [6.07, 6.45) is 17.5. The average Bonchev–Trinajstić information content (AvgIpc) is 2.65. The van der Waals surface area contributed by atoms with E-state index >= 15 is 0 Å². The Labute approximate surface area is 168 Å². The second kappa shape index (κ2) is 18.4. The normalized spacial score (nSPS) is 12.5. The first-order valence-electron chi connectivity index (χ1n) is 10.4. The number of hydrogen-bond acceptors (Lipinski definition) is 5. The van der Waals surface area contributed by atoms with Gasteiger partial charge in [0.25, 0.3) is 0 Å². The molecule has 0 amide bonds. The fraction of sp³-hybridized carbons (Fsp3) is 0.682. The highest BCUT2D eigenvalue weighted by molar-refractivity contribution is 5.95. The van der Waals surface area contributed by atoms with Crippen molar-refractivity contribution >= 4 is 17.9 Å². The lowest BCUT2D eigenvalue weighted by Gasteiger charge is -2.07. The lowest BCUT2D eigenvalue weighted by Crippen LogP contribution is -2.10. The summed E-state index contributed by atoms with van der Waals surface area (Å²) in [6, 6.07) is 0. The van der Waals surface area contributed by atoms with Crippen LogP contribution in [0.15, 0.2) is 24.3 Å². The second-order valence-corrected chi connectivity index (χ2v) is 6.98. The summed E-state index contributed by atoms with van der Waals surface area (Å²) in [5.41, 5.74) is 0. The van der Waals surface area contributed by atoms with Crippen LogP contribution in [-0.4, -0.2) is 34.2 Å². The summed E-state index contributed by atoms with van der Waals surface area (Å²) in [5.74, 6) is -2.85. The number of unbranched alkanes of at least 4 members (excludes halogenated alkanes) is 8. The van der Waals surface area contributed by atoms with Gasteiger partial charge in [-0.3, -0.25) is 4.79 Å². The van der Waals surface area contributed by atoms with E-state index in [0.717, 1.165) is 57.4 Å². The number of rotatable bonds is 17. The summed E-state index contributed by atoms with van der Waals surface area (Å²) >= 11 is 0. The maximum absolute atomic E-state index is 11.4. The van der Waals surface area contributed by atoms with Gasteiger partial charge in [-0.05, 0) is 32.1 Å². The fourth-order valence-electron chi connectivity index (χ4n) is 2.69. The number of aliphatic hydroxyl groups excluding tert-OH is 1. The highest BCUT2D eigenvalue weighted by Gasteiger charge is 2.07. The summed E-state index contributed by atoms with van der Waals surface area (Å²) in [4.78, 5) is 32.8. The Balaban J connectivity index is 3.50. The van der Waals surface area contributed by atoms with E-state index in [0.29, 0.717) is 12.5 Å². The number of allylic oxidation sites excluding steroid dienone is 1. The number of aliphatic carboxylic acids is 1. The first kappa shape index (κ1) is 26.1. The van der Waals surface area contributed by atoms with Crippen molar-refractivity contribution in [3.05, 3.63) is 24.3 Å². The third-order valence-corrected chi connectivity index (χ3v) is 4.29. The maximum atomic E-state index is 11.4. The molecule has 0 radical (unpaired) electrons. The molecule has 6 heteroatoms. The minimum absolute atomic E-state index is 0.155. The van der Waals surface area contributed by atoms with Crippen molar-refractivity contribution in [1.29, 1.82) is 0 Å². The molecule has 1 atom stereocenters. The average molecular weight is 397 g/mol. The number of carbonyl (C=O) groups excluding carboxylic acids is 2. The van der Waals surface area contributed by atoms with Crippen molar-refractivity contribution in [2.45, 2.75) is 96.5 Å². The van der Waals surface area contributed by atoms with Crippen LogP contribution >= 0.6 is 0 Å². The molecule has 0 bridgehead atoms. The summed E-state index contributed by atoms with van der Waals surface area (Å²) < 4.78 is 4.47. The number of carbonyl (C=O) groups is 3. The first-order chi connectivity index (χ1) is 13.5. The molecule has 0 fully saturated rings. The number of carboxylic acid groups (broad SMARTS) is 1. The molecule has 0 saturated carbocycles. The number of hydrogen-bond donors (Lipinski definition) is 2. The third-order valence-electron chi connectivity index (χ3n) is 4.29. The largest absolute Gasteiger partial charge is 0.478 e. The number of esters is 2. The van der Waals surface area contributed by atoms with Crippen LogP contribution in [-0.2, 0) is 19.1 Å². The zero-order chi connectivity index (χ0) is 21.0. The molecule has 0 aromatic carbocycles. The Kier molecular flexibility index (Phi) is 17.1. The lowest BCUT2D eigenvalue weighted by atomic mass is 10.1. The molecule has 28 heavy (non-hydrogen) atoms. The van der Waals surface area contributed by atoms with Crippen LogP contribution in [0, 0.1) is 0 Å². The SMILES string of the molecule is CCCCCC[C@@H](O)C/C=C\CCCCCCCC(=O)OC(=O)/C=C\C(=O)O. The van der Waals surface area contributed by atoms with Gasteiger partial charge in [-0.1, -0.05) is 64.0 Å². The molecule has 160 valence electrons. The van der Waals surface area contributed by atoms with E-state index in [4.69, 9.17) is 5.11 Å². The van der Waals surface area contributed by atoms with E-state index in [1.165, 1.54) is 19.3 Å². The molecule has 2 N–H and O–H groups in total. The molecular weight excluding hydrogens is 360 g/mol. The van der Waals surface area contributed by atoms with Gasteiger partial charge in [-0.2, -0.15) is 0 Å². The van der Waals surface area contributed by atoms with Crippen LogP contribution in [0.25, 0.3) is 0 Å². The van der Waals surface area contributed by atoms with Crippen molar-refractivity contribution in [3.8, 4) is 0 Å². The molecule has 0 unspecified atom stereocenters. The van der Waals surface area contributed by atoms with Crippen LogP contribution in [0.1, 0.15) is 90.4 Å². The first-order valence-corrected chi connectivity index (χ1v) is 10.4. The minimum atomic E-state index is -1.27. The van der Waals surface area contributed by atoms with E-state index in [2.05, 4.69) is 23.8 Å². The van der Waals surface area contributed by atoms with E-state index in [1.807, 2.05) is 0 Å². The van der Waals surface area contributed by atoms with Crippen LogP contribution in [0.4, 0.5) is 0 Å². The molecule has 0 rings (SSSR count). The Morgan fingerprint density at radius 1 is 0.893 bits per heavy atom. The summed E-state index contributed by atoms with van der Waals surface area (Å²) in [7, 11) is 0. The van der Waals surface area contributed by atoms with Crippen molar-refractivity contribution in [3.63, 3.8) is 0 Å². The third kappa shape index (κ3) is 18.8. The van der Waals surface area contributed by atoms with E-state index in [9.17, 15) is 19.5 Å². The van der Waals surface area contributed by atoms with Crippen molar-refractivity contribution in [2.24, 2.45) is 0 Å². The minimum Gasteiger partial charge on any atom is -0.478 e. The molecule has 0 aliphatic carbocycles. The van der Waals surface area contributed by atoms with Gasteiger partial charge in [0.2, 0.25) is 0 Å². The number of aliphatic hydroxyl groups is 1. The molecule has 6 nitrogen and oxygen atoms in total. The molecule has 0 aliphatic rings. The van der Waals surface area contributed by atoms with E-state index < -0.39 is 17.9 Å². The van der Waals surface area contributed by atoms with Crippen molar-refractivity contribution in [1.82, 2.24) is 0 Å². The second-order valence-electron chi connectivity index (χ2n) is 6.98. The summed E-state index contributed by atoms with van der Waals surface area (Å²) in [5, 5.41) is 18.2. The van der Waals surface area contributed by atoms with Gasteiger partial charge in [0.05, 0.1) is 6.10 Å². The van der Waals surface area contributed by atoms with E-state index in [1.54, 1.807) is 0 Å². The van der Waals surface area contributed by atoms with Crippen molar-refractivity contribution in [2.75, 3.05) is 0 Å². The molecule has 0 aromatic heterocycles. The summed E-state index contributed by atoms with van der Waals surface area (Å²) in [6.45, 7) is 2.18. The van der Waals surface area contributed by atoms with Gasteiger partial charge < -0.3 is 14.9 Å². The zero-order valence-electron chi connectivity index (χ0n) is 17.1. The Bertz CT molecular complexity index is 495.